The molecule has 1 aromatic carbocycles. The number of piperazine rings is 1. The Morgan fingerprint density at radius 2 is 1.73 bits per heavy atom. The molecule has 37 heavy (non-hydrogen) atoms. The topological polar surface area (TPSA) is 60.5 Å². The summed E-state index contributed by atoms with van der Waals surface area (Å²) in [4.78, 5) is 19.6. The molecule has 0 radical (unpaired) electrons. The van der Waals surface area contributed by atoms with Crippen LogP contribution in [0.25, 0.3) is 32.5 Å². The molecule has 0 saturated carbocycles. The minimum absolute atomic E-state index is 0.335. The Morgan fingerprint density at radius 1 is 0.973 bits per heavy atom. The van der Waals surface area contributed by atoms with Gasteiger partial charge in [-0.2, -0.15) is 13.2 Å². The van der Waals surface area contributed by atoms with Crippen LogP contribution in [0.3, 0.4) is 0 Å². The quantitative estimate of drug-likeness (QED) is 0.381. The van der Waals surface area contributed by atoms with Crippen LogP contribution >= 0.6 is 11.3 Å². The average molecular weight is 535 g/mol. The van der Waals surface area contributed by atoms with Gasteiger partial charge in [0, 0.05) is 67.8 Å². The second-order valence-electron chi connectivity index (χ2n) is 9.43. The molecule has 2 fully saturated rings. The molecule has 3 aromatic heterocycles. The van der Waals surface area contributed by atoms with Gasteiger partial charge in [-0.3, -0.25) is 9.80 Å². The lowest BCUT2D eigenvalue weighted by Gasteiger charge is -2.34. The number of hydrogen-bond donors (Lipinski definition) is 1. The van der Waals surface area contributed by atoms with E-state index in [1.54, 1.807) is 23.6 Å². The number of halogens is 4. The first-order chi connectivity index (χ1) is 17.8. The number of ether oxygens (including phenoxy) is 1. The van der Waals surface area contributed by atoms with Crippen LogP contribution in [0.4, 0.5) is 23.4 Å². The number of morpholine rings is 1. The maximum atomic E-state index is 15.1. The van der Waals surface area contributed by atoms with Gasteiger partial charge in [0.25, 0.3) is 0 Å². The minimum Gasteiger partial charge on any atom is -0.378 e. The lowest BCUT2D eigenvalue weighted by molar-refractivity contribution is -0.149. The highest BCUT2D eigenvalue weighted by Gasteiger charge is 2.32. The molecule has 6 rings (SSSR count). The van der Waals surface area contributed by atoms with Crippen LogP contribution in [-0.4, -0.2) is 90.0 Å². The molecule has 12 heteroatoms. The number of hydrogen-bond acceptors (Lipinski definition) is 7. The molecule has 0 spiro atoms. The highest BCUT2D eigenvalue weighted by molar-refractivity contribution is 7.19. The number of fused-ring (bicyclic) bond motifs is 2. The van der Waals surface area contributed by atoms with Gasteiger partial charge in [-0.1, -0.05) is 0 Å². The van der Waals surface area contributed by atoms with Gasteiger partial charge in [0.2, 0.25) is 0 Å². The molecule has 2 saturated heterocycles. The molecule has 5 heterocycles. The van der Waals surface area contributed by atoms with E-state index < -0.39 is 12.7 Å². The molecule has 2 aliphatic rings. The van der Waals surface area contributed by atoms with Crippen molar-refractivity contribution in [2.75, 3.05) is 63.9 Å². The van der Waals surface area contributed by atoms with Crippen molar-refractivity contribution < 1.29 is 22.3 Å². The fraction of sp³-hybridized carbons (Fsp3) is 0.440. The van der Waals surface area contributed by atoms with Crippen LogP contribution in [0.2, 0.25) is 0 Å². The smallest absolute Gasteiger partial charge is 0.378 e. The van der Waals surface area contributed by atoms with Gasteiger partial charge in [0.15, 0.2) is 11.6 Å². The molecule has 1 N–H and O–H groups in total. The Bertz CT molecular complexity index is 1410. The first-order valence-electron chi connectivity index (χ1n) is 12.2. The van der Waals surface area contributed by atoms with E-state index in [2.05, 4.69) is 14.8 Å². The lowest BCUT2D eigenvalue weighted by atomic mass is 10.1. The van der Waals surface area contributed by atoms with E-state index >= 15 is 4.39 Å². The van der Waals surface area contributed by atoms with Crippen LogP contribution in [-0.2, 0) is 11.3 Å². The average Bonchev–Trinajstić information content (AvgIpc) is 3.51. The fourth-order valence-corrected chi connectivity index (χ4v) is 6.21. The van der Waals surface area contributed by atoms with Crippen molar-refractivity contribution in [2.45, 2.75) is 12.7 Å². The molecule has 4 aromatic rings. The predicted molar refractivity (Wildman–Crippen MR) is 135 cm³/mol. The monoisotopic (exact) mass is 534 g/mol. The number of rotatable bonds is 5. The summed E-state index contributed by atoms with van der Waals surface area (Å²) in [6, 6.07) is 6.96. The maximum absolute atomic E-state index is 15.1. The van der Waals surface area contributed by atoms with Gasteiger partial charge in [-0.15, -0.1) is 11.3 Å². The van der Waals surface area contributed by atoms with Gasteiger partial charge < -0.3 is 14.6 Å². The maximum Gasteiger partial charge on any atom is 0.401 e. The minimum atomic E-state index is -4.18. The number of anilines is 1. The van der Waals surface area contributed by atoms with Crippen LogP contribution < -0.4 is 4.90 Å². The molecular formula is C25H26F4N6OS. The van der Waals surface area contributed by atoms with E-state index in [0.29, 0.717) is 70.4 Å². The second kappa shape index (κ2) is 9.82. The molecule has 0 atom stereocenters. The normalized spacial score (nSPS) is 18.3. The third-order valence-electron chi connectivity index (χ3n) is 6.87. The second-order valence-corrected chi connectivity index (χ2v) is 10.6. The number of thiophene rings is 1. The Kier molecular flexibility index (Phi) is 6.51. The number of nitrogens with zero attached hydrogens (tertiary/aromatic N) is 5. The Labute approximate surface area is 214 Å². The summed E-state index contributed by atoms with van der Waals surface area (Å²) >= 11 is 1.59. The lowest BCUT2D eigenvalue weighted by Crippen LogP contribution is -2.48. The zero-order valence-corrected chi connectivity index (χ0v) is 20.8. The van der Waals surface area contributed by atoms with Gasteiger partial charge in [-0.25, -0.2) is 14.4 Å². The largest absolute Gasteiger partial charge is 0.401 e. The summed E-state index contributed by atoms with van der Waals surface area (Å²) in [6.07, 6.45) is -2.41. The molecule has 0 unspecified atom stereocenters. The van der Waals surface area contributed by atoms with Gasteiger partial charge >= 0.3 is 6.18 Å². The zero-order chi connectivity index (χ0) is 25.6. The van der Waals surface area contributed by atoms with Crippen molar-refractivity contribution in [3.63, 3.8) is 0 Å². The summed E-state index contributed by atoms with van der Waals surface area (Å²) < 4.78 is 59.8. The van der Waals surface area contributed by atoms with Crippen molar-refractivity contribution in [1.29, 1.82) is 0 Å². The van der Waals surface area contributed by atoms with Crippen molar-refractivity contribution in [1.82, 2.24) is 24.8 Å². The Hall–Kier alpha value is -2.80. The third kappa shape index (κ3) is 5.15. The predicted octanol–water partition coefficient (Wildman–Crippen LogP) is 4.50. The molecule has 0 bridgehead atoms. The molecule has 196 valence electrons. The van der Waals surface area contributed by atoms with E-state index in [0.717, 1.165) is 31.8 Å². The fourth-order valence-electron chi connectivity index (χ4n) is 5.06. The molecule has 2 aliphatic heterocycles. The summed E-state index contributed by atoms with van der Waals surface area (Å²) in [5, 5.41) is 0.722. The molecule has 0 amide bonds. The van der Waals surface area contributed by atoms with Crippen LogP contribution in [0.1, 0.15) is 4.88 Å². The first-order valence-corrected chi connectivity index (χ1v) is 13.1. The van der Waals surface area contributed by atoms with E-state index in [-0.39, 0.29) is 5.82 Å². The van der Waals surface area contributed by atoms with E-state index in [1.165, 1.54) is 11.0 Å². The standard InChI is InChI=1S/C25H26F4N6OS/c26-18-1-2-19-17(3-4-30-19)21(18)23-31-20-13-16(14-33-5-7-34(8-6-33)15-25(27,28)29)37-22(20)24(32-23)35-9-11-36-12-10-35/h1-4,13,30H,5-12,14-15H2. The molecule has 0 aliphatic carbocycles. The van der Waals surface area contributed by atoms with E-state index in [9.17, 15) is 13.2 Å². The number of aromatic amines is 1. The van der Waals surface area contributed by atoms with Crippen LogP contribution in [0.5, 0.6) is 0 Å². The van der Waals surface area contributed by atoms with Crippen molar-refractivity contribution >= 4 is 38.3 Å². The summed E-state index contributed by atoms with van der Waals surface area (Å²) in [7, 11) is 0. The number of alkyl halides is 3. The number of nitrogens with one attached hydrogen (secondary N) is 1. The molecular weight excluding hydrogens is 508 g/mol. The van der Waals surface area contributed by atoms with Crippen molar-refractivity contribution in [3.8, 4) is 11.4 Å². The SMILES string of the molecule is Fc1ccc2[nH]ccc2c1-c1nc(N2CCOCC2)c2sc(CN3CCN(CC(F)(F)F)CC3)cc2n1. The highest BCUT2D eigenvalue weighted by Crippen LogP contribution is 2.37. The van der Waals surface area contributed by atoms with Crippen LogP contribution in [0, 0.1) is 5.82 Å². The summed E-state index contributed by atoms with van der Waals surface area (Å²) in [5.74, 6) is 0.717. The Morgan fingerprint density at radius 3 is 2.49 bits per heavy atom. The molecule has 7 nitrogen and oxygen atoms in total. The highest BCUT2D eigenvalue weighted by atomic mass is 32.1. The van der Waals surface area contributed by atoms with Crippen LogP contribution in [0.15, 0.2) is 30.5 Å². The summed E-state index contributed by atoms with van der Waals surface area (Å²) in [5.41, 5.74) is 1.92. The van der Waals surface area contributed by atoms with Crippen molar-refractivity contribution in [3.05, 3.63) is 41.2 Å². The van der Waals surface area contributed by atoms with E-state index in [1.807, 2.05) is 12.1 Å². The van der Waals surface area contributed by atoms with Gasteiger partial charge in [-0.05, 0) is 24.3 Å². The van der Waals surface area contributed by atoms with Gasteiger partial charge in [0.05, 0.1) is 35.5 Å². The number of aromatic nitrogens is 3. The first kappa shape index (κ1) is 24.5. The Balaban J connectivity index is 1.33. The third-order valence-corrected chi connectivity index (χ3v) is 7.97. The number of H-pyrrole nitrogens is 1. The zero-order valence-electron chi connectivity index (χ0n) is 20.0. The van der Waals surface area contributed by atoms with Gasteiger partial charge in [0.1, 0.15) is 5.82 Å². The van der Waals surface area contributed by atoms with E-state index in [4.69, 9.17) is 14.7 Å². The summed E-state index contributed by atoms with van der Waals surface area (Å²) in [6.45, 7) is 4.19. The number of benzene rings is 1. The van der Waals surface area contributed by atoms with Crippen molar-refractivity contribution in [2.24, 2.45) is 0 Å².